The number of sulfone groups is 1. The van der Waals surface area contributed by atoms with Gasteiger partial charge in [0.2, 0.25) is 15.7 Å². The van der Waals surface area contributed by atoms with Crippen molar-refractivity contribution in [3.8, 4) is 0 Å². The maximum absolute atomic E-state index is 12.9. The van der Waals surface area contributed by atoms with E-state index < -0.39 is 9.84 Å². The summed E-state index contributed by atoms with van der Waals surface area (Å²) in [4.78, 5) is 17.0. The Balaban J connectivity index is 1.77. The van der Waals surface area contributed by atoms with Gasteiger partial charge in [0.05, 0.1) is 21.2 Å². The number of fused-ring (bicyclic) bond motifs is 2. The van der Waals surface area contributed by atoms with Gasteiger partial charge in [0.1, 0.15) is 6.54 Å². The third kappa shape index (κ3) is 2.70. The molecule has 2 aromatic rings. The quantitative estimate of drug-likeness (QED) is 0.830. The van der Waals surface area contributed by atoms with Crippen molar-refractivity contribution in [1.29, 1.82) is 0 Å². The highest BCUT2D eigenvalue weighted by Gasteiger charge is 2.35. The maximum atomic E-state index is 12.9. The standard InChI is InChI=1S/C19H20N2O3S/c22-19(20-12-6-1-7-13-20)14-21-15-8-2-4-10-17(15)25(23,24)18-11-5-3-9-16(18)21/h2-5,8-11H,1,6-7,12-14H2. The second-order valence-corrected chi connectivity index (χ2v) is 8.35. The zero-order chi connectivity index (χ0) is 17.4. The molecular weight excluding hydrogens is 336 g/mol. The highest BCUT2D eigenvalue weighted by Crippen LogP contribution is 2.43. The Morgan fingerprint density at radius 2 is 1.36 bits per heavy atom. The first-order chi connectivity index (χ1) is 12.1. The molecule has 1 fully saturated rings. The van der Waals surface area contributed by atoms with Crippen molar-refractivity contribution in [1.82, 2.24) is 4.90 Å². The summed E-state index contributed by atoms with van der Waals surface area (Å²) in [6, 6.07) is 13.8. The molecule has 1 amide bonds. The fourth-order valence-corrected chi connectivity index (χ4v) is 5.27. The lowest BCUT2D eigenvalue weighted by Crippen LogP contribution is -2.42. The Hall–Kier alpha value is -2.34. The molecule has 0 aliphatic carbocycles. The number of para-hydroxylation sites is 2. The minimum atomic E-state index is -3.56. The van der Waals surface area contributed by atoms with Crippen LogP contribution in [-0.4, -0.2) is 38.9 Å². The van der Waals surface area contributed by atoms with E-state index in [9.17, 15) is 13.2 Å². The predicted octanol–water partition coefficient (Wildman–Crippen LogP) is 2.98. The fourth-order valence-electron chi connectivity index (χ4n) is 3.61. The highest BCUT2D eigenvalue weighted by atomic mass is 32.2. The van der Waals surface area contributed by atoms with Gasteiger partial charge in [-0.3, -0.25) is 4.79 Å². The molecule has 4 rings (SSSR count). The number of hydrogen-bond donors (Lipinski definition) is 0. The van der Waals surface area contributed by atoms with Crippen LogP contribution < -0.4 is 4.90 Å². The predicted molar refractivity (Wildman–Crippen MR) is 95.8 cm³/mol. The first-order valence-corrected chi connectivity index (χ1v) is 10.1. The van der Waals surface area contributed by atoms with Crippen molar-refractivity contribution < 1.29 is 13.2 Å². The summed E-state index contributed by atoms with van der Waals surface area (Å²) in [5.41, 5.74) is 1.15. The zero-order valence-electron chi connectivity index (χ0n) is 13.9. The zero-order valence-corrected chi connectivity index (χ0v) is 14.7. The first-order valence-electron chi connectivity index (χ1n) is 8.57. The average molecular weight is 356 g/mol. The number of hydrogen-bond acceptors (Lipinski definition) is 4. The van der Waals surface area contributed by atoms with Gasteiger partial charge in [-0.25, -0.2) is 8.42 Å². The maximum Gasteiger partial charge on any atom is 0.242 e. The lowest BCUT2D eigenvalue weighted by atomic mass is 10.1. The third-order valence-electron chi connectivity index (χ3n) is 4.89. The van der Waals surface area contributed by atoms with Crippen LogP contribution in [0.5, 0.6) is 0 Å². The number of nitrogens with zero attached hydrogens (tertiary/aromatic N) is 2. The van der Waals surface area contributed by atoms with Crippen molar-refractivity contribution in [3.63, 3.8) is 0 Å². The number of rotatable bonds is 2. The number of amides is 1. The number of carbonyl (C=O) groups is 1. The molecule has 0 saturated carbocycles. The number of likely N-dealkylation sites (tertiary alicyclic amines) is 1. The molecule has 2 aliphatic heterocycles. The molecule has 0 spiro atoms. The summed E-state index contributed by atoms with van der Waals surface area (Å²) in [7, 11) is -3.56. The molecule has 25 heavy (non-hydrogen) atoms. The SMILES string of the molecule is O=C(CN1c2ccccc2S(=O)(=O)c2ccccc21)N1CCCCC1. The molecule has 5 nitrogen and oxygen atoms in total. The van der Waals surface area contributed by atoms with Crippen molar-refractivity contribution in [3.05, 3.63) is 48.5 Å². The van der Waals surface area contributed by atoms with Crippen molar-refractivity contribution in [2.45, 2.75) is 29.1 Å². The van der Waals surface area contributed by atoms with Crippen LogP contribution in [0, 0.1) is 0 Å². The molecule has 2 aliphatic rings. The van der Waals surface area contributed by atoms with Gasteiger partial charge in [-0.05, 0) is 43.5 Å². The lowest BCUT2D eigenvalue weighted by Gasteiger charge is -2.35. The molecule has 0 aromatic heterocycles. The summed E-state index contributed by atoms with van der Waals surface area (Å²) >= 11 is 0. The first kappa shape index (κ1) is 16.1. The van der Waals surface area contributed by atoms with Crippen molar-refractivity contribution in [2.24, 2.45) is 0 Å². The van der Waals surface area contributed by atoms with E-state index in [4.69, 9.17) is 0 Å². The summed E-state index contributed by atoms with van der Waals surface area (Å²) in [5, 5.41) is 0. The Morgan fingerprint density at radius 1 is 0.840 bits per heavy atom. The van der Waals surface area contributed by atoms with Crippen LogP contribution in [0.1, 0.15) is 19.3 Å². The largest absolute Gasteiger partial charge is 0.341 e. The minimum Gasteiger partial charge on any atom is -0.341 e. The van der Waals surface area contributed by atoms with Crippen LogP contribution in [0.25, 0.3) is 0 Å². The topological polar surface area (TPSA) is 57.7 Å². The molecule has 0 radical (unpaired) electrons. The monoisotopic (exact) mass is 356 g/mol. The Labute approximate surface area is 147 Å². The summed E-state index contributed by atoms with van der Waals surface area (Å²) in [5.74, 6) is 0.0450. The van der Waals surface area contributed by atoms with Crippen LogP contribution in [0.4, 0.5) is 11.4 Å². The Morgan fingerprint density at radius 3 is 1.92 bits per heavy atom. The van der Waals surface area contributed by atoms with E-state index >= 15 is 0 Å². The summed E-state index contributed by atoms with van der Waals surface area (Å²) < 4.78 is 25.8. The van der Waals surface area contributed by atoms with E-state index in [1.807, 2.05) is 9.80 Å². The smallest absolute Gasteiger partial charge is 0.242 e. The molecule has 0 unspecified atom stereocenters. The molecule has 130 valence electrons. The minimum absolute atomic E-state index is 0.0450. The molecule has 6 heteroatoms. The van der Waals surface area contributed by atoms with Gasteiger partial charge in [-0.2, -0.15) is 0 Å². The van der Waals surface area contributed by atoms with E-state index in [0.717, 1.165) is 32.4 Å². The summed E-state index contributed by atoms with van der Waals surface area (Å²) in [6.45, 7) is 1.73. The van der Waals surface area contributed by atoms with Crippen molar-refractivity contribution in [2.75, 3.05) is 24.5 Å². The molecule has 0 atom stereocenters. The number of carbonyl (C=O) groups excluding carboxylic acids is 1. The van der Waals surface area contributed by atoms with Gasteiger partial charge < -0.3 is 9.80 Å². The van der Waals surface area contributed by atoms with Gasteiger partial charge >= 0.3 is 0 Å². The second kappa shape index (κ2) is 6.19. The van der Waals surface area contributed by atoms with Gasteiger partial charge in [0, 0.05) is 13.1 Å². The molecule has 1 saturated heterocycles. The highest BCUT2D eigenvalue weighted by molar-refractivity contribution is 7.92. The number of anilines is 2. The van der Waals surface area contributed by atoms with Crippen LogP contribution >= 0.6 is 0 Å². The Bertz CT molecular complexity index is 864. The second-order valence-electron chi connectivity index (χ2n) is 6.47. The Kier molecular flexibility index (Phi) is 4.00. The third-order valence-corrected chi connectivity index (χ3v) is 6.74. The van der Waals surface area contributed by atoms with Crippen LogP contribution in [-0.2, 0) is 14.6 Å². The van der Waals surface area contributed by atoms with Crippen LogP contribution in [0.3, 0.4) is 0 Å². The van der Waals surface area contributed by atoms with Crippen LogP contribution in [0.15, 0.2) is 58.3 Å². The normalized spacial score (nSPS) is 18.4. The van der Waals surface area contributed by atoms with Gasteiger partial charge in [-0.15, -0.1) is 0 Å². The van der Waals surface area contributed by atoms with Gasteiger partial charge in [-0.1, -0.05) is 24.3 Å². The molecular formula is C19H20N2O3S. The van der Waals surface area contributed by atoms with E-state index in [1.54, 1.807) is 48.5 Å². The molecule has 2 aromatic carbocycles. The average Bonchev–Trinajstić information content (AvgIpc) is 2.66. The summed E-state index contributed by atoms with van der Waals surface area (Å²) in [6.07, 6.45) is 3.23. The molecule has 0 bridgehead atoms. The van der Waals surface area contributed by atoms with E-state index in [1.165, 1.54) is 0 Å². The lowest BCUT2D eigenvalue weighted by molar-refractivity contribution is -0.130. The van der Waals surface area contributed by atoms with Gasteiger partial charge in [0.15, 0.2) is 0 Å². The van der Waals surface area contributed by atoms with Gasteiger partial charge in [0.25, 0.3) is 0 Å². The van der Waals surface area contributed by atoms with Crippen LogP contribution in [0.2, 0.25) is 0 Å². The number of benzene rings is 2. The number of piperidine rings is 1. The van der Waals surface area contributed by atoms with Crippen molar-refractivity contribution >= 4 is 27.1 Å². The van der Waals surface area contributed by atoms with E-state index in [-0.39, 0.29) is 22.2 Å². The van der Waals surface area contributed by atoms with E-state index in [0.29, 0.717) is 11.4 Å². The van der Waals surface area contributed by atoms with E-state index in [2.05, 4.69) is 0 Å². The fraction of sp³-hybridized carbons (Fsp3) is 0.316. The molecule has 0 N–H and O–H groups in total. The molecule has 2 heterocycles.